The molecule has 0 aromatic heterocycles. The highest BCUT2D eigenvalue weighted by molar-refractivity contribution is 7.98. The Kier molecular flexibility index (Phi) is 35.7. The van der Waals surface area contributed by atoms with Crippen molar-refractivity contribution in [3.63, 3.8) is 0 Å². The van der Waals surface area contributed by atoms with E-state index in [0.717, 1.165) is 0 Å². The first-order valence-corrected chi connectivity index (χ1v) is 34.2. The number of benzene rings is 2. The third-order valence-electron chi connectivity index (χ3n) is 16.3. The van der Waals surface area contributed by atoms with Gasteiger partial charge in [-0.3, -0.25) is 62.3 Å². The molecule has 98 heavy (non-hydrogen) atoms. The Hall–Kier alpha value is -8.95. The molecule has 1 aliphatic heterocycles. The van der Waals surface area contributed by atoms with Crippen LogP contribution in [-0.2, 0) is 86.5 Å². The lowest BCUT2D eigenvalue weighted by atomic mass is 9.95. The summed E-state index contributed by atoms with van der Waals surface area (Å²) in [5.74, 6) is -13.5. The zero-order valence-corrected chi connectivity index (χ0v) is 57.9. The summed E-state index contributed by atoms with van der Waals surface area (Å²) >= 11 is 1.41. The second-order valence-corrected chi connectivity index (χ2v) is 25.7. The van der Waals surface area contributed by atoms with Crippen molar-refractivity contribution < 1.29 is 87.2 Å². The number of carbonyl (C=O) groups excluding carboxylic acids is 12. The molecule has 2 aromatic rings. The molecule has 1 unspecified atom stereocenters. The number of aromatic hydroxyl groups is 1. The number of phenols is 1. The number of hydrogen-bond acceptors (Lipinski definition) is 20. The summed E-state index contributed by atoms with van der Waals surface area (Å²) in [7, 11) is 0. The summed E-state index contributed by atoms with van der Waals surface area (Å²) in [6, 6.07) is -5.01. The van der Waals surface area contributed by atoms with E-state index in [4.69, 9.17) is 21.9 Å². The summed E-state index contributed by atoms with van der Waals surface area (Å²) < 4.78 is 5.72. The molecular formula is C65H100N14O18S. The van der Waals surface area contributed by atoms with Crippen LogP contribution in [0.5, 0.6) is 11.5 Å². The fourth-order valence-electron chi connectivity index (χ4n) is 10.1. The molecule has 1 aliphatic rings. The summed E-state index contributed by atoms with van der Waals surface area (Å²) in [5, 5.41) is 58.1. The van der Waals surface area contributed by atoms with Gasteiger partial charge >= 0.3 is 17.9 Å². The van der Waals surface area contributed by atoms with Gasteiger partial charge in [-0.1, -0.05) is 66.2 Å². The predicted molar refractivity (Wildman–Crippen MR) is 361 cm³/mol. The van der Waals surface area contributed by atoms with E-state index in [9.17, 15) is 82.4 Å². The molecule has 1 heterocycles. The van der Waals surface area contributed by atoms with E-state index in [1.165, 1.54) is 55.9 Å². The lowest BCUT2D eigenvalue weighted by molar-refractivity contribution is -0.143. The second kappa shape index (κ2) is 42.0. The zero-order chi connectivity index (χ0) is 73.5. The van der Waals surface area contributed by atoms with Gasteiger partial charge in [-0.25, -0.2) is 4.79 Å². The van der Waals surface area contributed by atoms with Gasteiger partial charge < -0.3 is 95.7 Å². The highest BCUT2D eigenvalue weighted by Crippen LogP contribution is 2.24. The molecule has 544 valence electrons. The molecule has 0 saturated carbocycles. The lowest BCUT2D eigenvalue weighted by Gasteiger charge is -2.29. The average Bonchev–Trinajstić information content (AvgIpc) is 0.824. The Morgan fingerprint density at radius 3 is 1.71 bits per heavy atom. The van der Waals surface area contributed by atoms with Crippen LogP contribution < -0.4 is 80.4 Å². The van der Waals surface area contributed by atoms with Crippen LogP contribution in [0.2, 0.25) is 0 Å². The second-order valence-electron chi connectivity index (χ2n) is 24.7. The van der Waals surface area contributed by atoms with Crippen molar-refractivity contribution in [1.82, 2.24) is 58.5 Å². The smallest absolute Gasteiger partial charge is 0.334 e. The molecule has 2 aromatic carbocycles. The molecule has 3 rings (SSSR count). The van der Waals surface area contributed by atoms with Crippen molar-refractivity contribution in [2.75, 3.05) is 18.6 Å². The van der Waals surface area contributed by atoms with Crippen molar-refractivity contribution in [3.05, 3.63) is 59.2 Å². The molecule has 0 saturated heterocycles. The molecule has 0 radical (unpaired) electrons. The van der Waals surface area contributed by atoms with Gasteiger partial charge in [0.1, 0.15) is 71.9 Å². The van der Waals surface area contributed by atoms with Crippen molar-refractivity contribution in [1.29, 1.82) is 0 Å². The Labute approximate surface area is 574 Å². The first kappa shape index (κ1) is 83.3. The minimum absolute atomic E-state index is 0.0360. The lowest BCUT2D eigenvalue weighted by Crippen LogP contribution is -2.61. The fourth-order valence-corrected chi connectivity index (χ4v) is 10.6. The number of esters is 1. The number of unbranched alkanes of at least 4 members (excludes halogenated alkanes) is 1. The van der Waals surface area contributed by atoms with E-state index in [1.807, 2.05) is 0 Å². The number of carboxylic acid groups (broad SMARTS) is 2. The van der Waals surface area contributed by atoms with Crippen molar-refractivity contribution in [2.45, 2.75) is 218 Å². The van der Waals surface area contributed by atoms with Gasteiger partial charge in [0.15, 0.2) is 0 Å². The average molecular weight is 1400 g/mol. The predicted octanol–water partition coefficient (Wildman–Crippen LogP) is -1.61. The van der Waals surface area contributed by atoms with E-state index in [-0.39, 0.29) is 81.9 Å². The Morgan fingerprint density at radius 2 is 1.13 bits per heavy atom. The molecule has 32 nitrogen and oxygen atoms in total. The SMILES string of the molecule is CC[C@H](NC(=O)[C@H](C)NC(=O)C1Cc2ccc(OC(=O)[C@H](CCCCN)NC(=O)[C@H](CC(=O)O)NC(=O)[C@H](CC(C)C)NC(=O)[C@H](C)NC(=O)[C@H](CCC(=O)O)NC(=O)[C@@H](NC(=O)[C@H](Cc3ccc(O)cc3)NC(=O)[C@H](CCSC)NC(=O)[C@@H](N)CC)[C@@H](C)CC)cc2CN1)C(N)=O. The van der Waals surface area contributed by atoms with Crippen LogP contribution in [0.1, 0.15) is 143 Å². The van der Waals surface area contributed by atoms with Crippen molar-refractivity contribution in [3.8, 4) is 11.5 Å². The number of nitrogens with one attached hydrogen (secondary N) is 11. The standard InChI is InChI=1S/C65H100N14O18S/c1-10-34(6)53(79-63(94)49(28-37-16-19-40(80)20-17-37)77-59(90)45(24-26-98-9)73-57(88)42(67)11-2)64(95)74-44(22-23-51(81)82)58(89)70-36(8)56(87)76-48(27-33(4)5)61(92)78-50(31-52(83)84)62(93)75-46(15-13-14-25-66)65(96)97-41-21-18-38-30-47(69-32-39(38)29-41)60(91)71-35(7)55(86)72-43(12-3)54(68)85/h16-21,29,33-36,42-50,53,69,80H,10-15,22-28,30-32,66-67H2,1-9H3,(H2,68,85)(H,70,89)(H,71,91)(H,72,86)(H,73,88)(H,74,95)(H,75,93)(H,76,87)(H,77,90)(H,78,92)(H,79,94)(H,81,82)(H,83,84)/t34-,35-,36-,42-,43-,44-,45-,46-,47?,48-,49-,50-,53-/m0/s1. The maximum Gasteiger partial charge on any atom is 0.334 e. The Bertz CT molecular complexity index is 3100. The van der Waals surface area contributed by atoms with Gasteiger partial charge in [0.25, 0.3) is 0 Å². The molecular weight excluding hydrogens is 1300 g/mol. The van der Waals surface area contributed by atoms with Gasteiger partial charge in [0.2, 0.25) is 65.0 Å². The Balaban J connectivity index is 1.81. The van der Waals surface area contributed by atoms with Crippen LogP contribution in [0.25, 0.3) is 0 Å². The molecule has 33 heteroatoms. The van der Waals surface area contributed by atoms with E-state index in [2.05, 4.69) is 58.5 Å². The number of hydrogen-bond donors (Lipinski definition) is 17. The number of fused-ring (bicyclic) bond motifs is 1. The summed E-state index contributed by atoms with van der Waals surface area (Å²) in [5.41, 5.74) is 18.9. The summed E-state index contributed by atoms with van der Waals surface area (Å²) in [4.78, 5) is 187. The number of aliphatic carboxylic acids is 2. The van der Waals surface area contributed by atoms with Crippen LogP contribution in [-0.4, -0.2) is 189 Å². The molecule has 0 fully saturated rings. The number of nitrogens with two attached hydrogens (primary N) is 3. The minimum atomic E-state index is -1.84. The molecule has 13 atom stereocenters. The molecule has 11 amide bonds. The molecule has 20 N–H and O–H groups in total. The van der Waals surface area contributed by atoms with E-state index in [1.54, 1.807) is 59.9 Å². The minimum Gasteiger partial charge on any atom is -0.508 e. The number of ether oxygens (including phenoxy) is 1. The van der Waals surface area contributed by atoms with Crippen LogP contribution in [0, 0.1) is 11.8 Å². The van der Waals surface area contributed by atoms with Gasteiger partial charge in [-0.2, -0.15) is 11.8 Å². The first-order valence-electron chi connectivity index (χ1n) is 32.8. The van der Waals surface area contributed by atoms with Gasteiger partial charge in [-0.05, 0) is 143 Å². The summed E-state index contributed by atoms with van der Waals surface area (Å²) in [6.45, 7) is 13.1. The van der Waals surface area contributed by atoms with Crippen LogP contribution >= 0.6 is 11.8 Å². The number of carbonyl (C=O) groups is 14. The Morgan fingerprint density at radius 1 is 0.582 bits per heavy atom. The molecule has 0 spiro atoms. The third-order valence-corrected chi connectivity index (χ3v) is 16.9. The number of amides is 11. The number of primary amides is 1. The van der Waals surface area contributed by atoms with Crippen LogP contribution in [0.15, 0.2) is 42.5 Å². The summed E-state index contributed by atoms with van der Waals surface area (Å²) in [6.07, 6.45) is 1.17. The van der Waals surface area contributed by atoms with E-state index in [0.29, 0.717) is 35.3 Å². The van der Waals surface area contributed by atoms with E-state index < -0.39 is 181 Å². The quantitative estimate of drug-likeness (QED) is 0.0202. The fraction of sp³-hybridized carbons (Fsp3) is 0.600. The number of rotatable bonds is 43. The maximum absolute atomic E-state index is 14.4. The highest BCUT2D eigenvalue weighted by atomic mass is 32.2. The largest absolute Gasteiger partial charge is 0.508 e. The highest BCUT2D eigenvalue weighted by Gasteiger charge is 2.38. The van der Waals surface area contributed by atoms with E-state index >= 15 is 0 Å². The number of thioether (sulfide) groups is 1. The number of carboxylic acids is 2. The van der Waals surface area contributed by atoms with Crippen LogP contribution in [0.4, 0.5) is 0 Å². The third kappa shape index (κ3) is 28.3. The topological polar surface area (TPSA) is 519 Å². The van der Waals surface area contributed by atoms with Crippen LogP contribution in [0.3, 0.4) is 0 Å². The van der Waals surface area contributed by atoms with Gasteiger partial charge in [0.05, 0.1) is 18.5 Å². The van der Waals surface area contributed by atoms with Gasteiger partial charge in [0, 0.05) is 19.4 Å². The molecule has 0 aliphatic carbocycles. The number of phenolic OH excluding ortho intramolecular Hbond substituents is 1. The van der Waals surface area contributed by atoms with Gasteiger partial charge in [-0.15, -0.1) is 0 Å². The zero-order valence-electron chi connectivity index (χ0n) is 57.0. The monoisotopic (exact) mass is 1400 g/mol. The normalized spacial score (nSPS) is 16.2. The molecule has 0 bridgehead atoms. The maximum atomic E-state index is 14.4. The first-order chi connectivity index (χ1) is 46.2. The van der Waals surface area contributed by atoms with Crippen molar-refractivity contribution in [2.24, 2.45) is 29.0 Å². The van der Waals surface area contributed by atoms with Crippen molar-refractivity contribution >= 4 is 94.6 Å².